The quantitative estimate of drug-likeness (QED) is 0.867. The van der Waals surface area contributed by atoms with Gasteiger partial charge in [-0.25, -0.2) is 8.42 Å². The van der Waals surface area contributed by atoms with Gasteiger partial charge in [0.1, 0.15) is 10.3 Å². The maximum absolute atomic E-state index is 12.9. The lowest BCUT2D eigenvalue weighted by molar-refractivity contribution is -0.133. The van der Waals surface area contributed by atoms with Gasteiger partial charge in [0.2, 0.25) is 5.91 Å². The molecule has 0 aliphatic carbocycles. The molecule has 0 aromatic carbocycles. The fourth-order valence-electron chi connectivity index (χ4n) is 3.53. The van der Waals surface area contributed by atoms with Crippen molar-refractivity contribution in [3.05, 3.63) is 17.0 Å². The van der Waals surface area contributed by atoms with Crippen molar-refractivity contribution in [3.8, 4) is 0 Å². The van der Waals surface area contributed by atoms with Gasteiger partial charge in [-0.3, -0.25) is 4.79 Å². The van der Waals surface area contributed by atoms with Crippen LogP contribution in [-0.2, 0) is 14.8 Å². The number of nitrogens with two attached hydrogens (primary N) is 1. The van der Waals surface area contributed by atoms with Crippen LogP contribution in [0.4, 0.5) is 0 Å². The molecule has 134 valence electrons. The minimum Gasteiger partial charge on any atom is -0.341 e. The first-order chi connectivity index (χ1) is 11.3. The maximum atomic E-state index is 12.9. The predicted octanol–water partition coefficient (Wildman–Crippen LogP) is 1.41. The van der Waals surface area contributed by atoms with E-state index in [1.165, 1.54) is 15.6 Å². The first-order valence-corrected chi connectivity index (χ1v) is 10.6. The summed E-state index contributed by atoms with van der Waals surface area (Å²) < 4.78 is 27.5. The monoisotopic (exact) mass is 371 g/mol. The van der Waals surface area contributed by atoms with Crippen molar-refractivity contribution in [1.82, 2.24) is 9.21 Å². The van der Waals surface area contributed by atoms with Crippen LogP contribution in [0, 0.1) is 12.3 Å². The van der Waals surface area contributed by atoms with Gasteiger partial charge >= 0.3 is 0 Å². The van der Waals surface area contributed by atoms with Crippen LogP contribution in [0.25, 0.3) is 0 Å². The van der Waals surface area contributed by atoms with E-state index in [1.807, 2.05) is 6.92 Å². The van der Waals surface area contributed by atoms with E-state index in [2.05, 4.69) is 6.92 Å². The van der Waals surface area contributed by atoms with Crippen LogP contribution >= 0.6 is 11.3 Å². The molecule has 3 heterocycles. The van der Waals surface area contributed by atoms with Crippen molar-refractivity contribution in [2.45, 2.75) is 43.4 Å². The fraction of sp³-hybridized carbons (Fsp3) is 0.688. The summed E-state index contributed by atoms with van der Waals surface area (Å²) >= 11 is 1.26. The zero-order valence-corrected chi connectivity index (χ0v) is 15.8. The van der Waals surface area contributed by atoms with E-state index in [0.29, 0.717) is 36.8 Å². The van der Waals surface area contributed by atoms with E-state index < -0.39 is 16.1 Å². The average Bonchev–Trinajstić information content (AvgIpc) is 3.26. The zero-order chi connectivity index (χ0) is 17.5. The fourth-order valence-corrected chi connectivity index (χ4v) is 6.59. The van der Waals surface area contributed by atoms with Crippen molar-refractivity contribution in [2.24, 2.45) is 11.1 Å². The van der Waals surface area contributed by atoms with Gasteiger partial charge in [0, 0.05) is 24.5 Å². The number of rotatable bonds is 4. The summed E-state index contributed by atoms with van der Waals surface area (Å²) in [5.41, 5.74) is 5.76. The Balaban J connectivity index is 1.80. The van der Waals surface area contributed by atoms with Crippen LogP contribution in [0.2, 0.25) is 0 Å². The number of sulfonamides is 1. The van der Waals surface area contributed by atoms with Crippen LogP contribution in [0.1, 0.15) is 31.1 Å². The molecular weight excluding hydrogens is 346 g/mol. The molecule has 1 aromatic heterocycles. The van der Waals surface area contributed by atoms with Gasteiger partial charge < -0.3 is 10.6 Å². The summed E-state index contributed by atoms with van der Waals surface area (Å²) in [5, 5.41) is 0. The Morgan fingerprint density at radius 1 is 1.42 bits per heavy atom. The van der Waals surface area contributed by atoms with Crippen molar-refractivity contribution in [2.75, 3.05) is 26.2 Å². The molecule has 2 atom stereocenters. The van der Waals surface area contributed by atoms with Crippen LogP contribution < -0.4 is 5.73 Å². The lowest BCUT2D eigenvalue weighted by Crippen LogP contribution is -2.47. The Labute approximate surface area is 147 Å². The second-order valence-corrected chi connectivity index (χ2v) is 10.6. The Hall–Kier alpha value is -0.960. The zero-order valence-electron chi connectivity index (χ0n) is 14.2. The largest absolute Gasteiger partial charge is 0.341 e. The number of aryl methyl sites for hydroxylation is 1. The van der Waals surface area contributed by atoms with E-state index in [0.717, 1.165) is 17.7 Å². The van der Waals surface area contributed by atoms with Crippen LogP contribution in [0.3, 0.4) is 0 Å². The van der Waals surface area contributed by atoms with Gasteiger partial charge in [-0.15, -0.1) is 11.3 Å². The lowest BCUT2D eigenvalue weighted by atomic mass is 9.90. The van der Waals surface area contributed by atoms with Gasteiger partial charge in [0.25, 0.3) is 10.0 Å². The van der Waals surface area contributed by atoms with E-state index in [4.69, 9.17) is 5.73 Å². The molecule has 6 nitrogen and oxygen atoms in total. The van der Waals surface area contributed by atoms with Gasteiger partial charge in [-0.1, -0.05) is 6.92 Å². The molecule has 0 spiro atoms. The van der Waals surface area contributed by atoms with Crippen LogP contribution in [-0.4, -0.2) is 55.8 Å². The molecule has 2 aliphatic rings. The Bertz CT molecular complexity index is 731. The number of hydrogen-bond acceptors (Lipinski definition) is 5. The Kier molecular flexibility index (Phi) is 4.76. The van der Waals surface area contributed by atoms with Crippen molar-refractivity contribution in [1.29, 1.82) is 0 Å². The molecule has 2 N–H and O–H groups in total. The summed E-state index contributed by atoms with van der Waals surface area (Å²) in [6.45, 7) is 6.20. The molecule has 8 heteroatoms. The third-order valence-corrected chi connectivity index (χ3v) is 8.51. The topological polar surface area (TPSA) is 83.7 Å². The summed E-state index contributed by atoms with van der Waals surface area (Å²) in [7, 11) is -3.60. The van der Waals surface area contributed by atoms with Crippen molar-refractivity contribution in [3.63, 3.8) is 0 Å². The van der Waals surface area contributed by atoms with E-state index in [1.54, 1.807) is 17.0 Å². The second-order valence-electron chi connectivity index (χ2n) is 7.16. The minimum absolute atomic E-state index is 0.0527. The molecule has 2 saturated heterocycles. The van der Waals surface area contributed by atoms with Gasteiger partial charge in [-0.05, 0) is 50.3 Å². The Morgan fingerprint density at radius 3 is 2.75 bits per heavy atom. The molecule has 2 fully saturated rings. The van der Waals surface area contributed by atoms with Crippen molar-refractivity contribution < 1.29 is 13.2 Å². The summed E-state index contributed by atoms with van der Waals surface area (Å²) in [6, 6.07) is 2.87. The molecule has 24 heavy (non-hydrogen) atoms. The highest BCUT2D eigenvalue weighted by atomic mass is 32.2. The number of carbonyl (C=O) groups is 1. The standard InChI is InChI=1S/C16H25N3O3S2/c1-12-5-6-14(23-12)24(21,22)19-8-3-4-13(19)15(20)18-9-7-16(2,10-17)11-18/h5-6,13H,3-4,7-11,17H2,1-2H3. The second kappa shape index (κ2) is 6.40. The first kappa shape index (κ1) is 17.8. The highest BCUT2D eigenvalue weighted by Crippen LogP contribution is 2.34. The SMILES string of the molecule is Cc1ccc(S(=O)(=O)N2CCCC2C(=O)N2CCC(C)(CN)C2)s1. The third kappa shape index (κ3) is 3.12. The van der Waals surface area contributed by atoms with Crippen LogP contribution in [0.5, 0.6) is 0 Å². The number of thiophene rings is 1. The number of carbonyl (C=O) groups excluding carboxylic acids is 1. The molecule has 0 bridgehead atoms. The molecule has 1 aromatic rings. The third-order valence-electron chi connectivity index (χ3n) is 5.13. The summed E-state index contributed by atoms with van der Waals surface area (Å²) in [6.07, 6.45) is 2.19. The number of likely N-dealkylation sites (tertiary alicyclic amines) is 1. The van der Waals surface area contributed by atoms with Gasteiger partial charge in [-0.2, -0.15) is 4.31 Å². The molecular formula is C16H25N3O3S2. The minimum atomic E-state index is -3.60. The number of amides is 1. The molecule has 2 unspecified atom stereocenters. The molecule has 3 rings (SSSR count). The first-order valence-electron chi connectivity index (χ1n) is 8.34. The summed E-state index contributed by atoms with van der Waals surface area (Å²) in [4.78, 5) is 15.7. The summed E-state index contributed by atoms with van der Waals surface area (Å²) in [5.74, 6) is -0.0680. The molecule has 1 amide bonds. The number of hydrogen-bond donors (Lipinski definition) is 1. The lowest BCUT2D eigenvalue weighted by Gasteiger charge is -2.28. The normalized spacial score (nSPS) is 28.6. The van der Waals surface area contributed by atoms with Gasteiger partial charge in [0.15, 0.2) is 0 Å². The number of nitrogens with zero attached hydrogens (tertiary/aromatic N) is 2. The highest BCUT2D eigenvalue weighted by Gasteiger charge is 2.44. The predicted molar refractivity (Wildman–Crippen MR) is 94.3 cm³/mol. The Morgan fingerprint density at radius 2 is 2.17 bits per heavy atom. The average molecular weight is 372 g/mol. The van der Waals surface area contributed by atoms with E-state index in [-0.39, 0.29) is 11.3 Å². The molecule has 0 saturated carbocycles. The van der Waals surface area contributed by atoms with E-state index in [9.17, 15) is 13.2 Å². The molecule has 2 aliphatic heterocycles. The van der Waals surface area contributed by atoms with Crippen LogP contribution in [0.15, 0.2) is 16.3 Å². The highest BCUT2D eigenvalue weighted by molar-refractivity contribution is 7.91. The van der Waals surface area contributed by atoms with Crippen molar-refractivity contribution >= 4 is 27.3 Å². The molecule has 0 radical (unpaired) electrons. The smallest absolute Gasteiger partial charge is 0.253 e. The van der Waals surface area contributed by atoms with Gasteiger partial charge in [0.05, 0.1) is 0 Å². The maximum Gasteiger partial charge on any atom is 0.253 e. The van der Waals surface area contributed by atoms with E-state index >= 15 is 0 Å².